The van der Waals surface area contributed by atoms with E-state index in [2.05, 4.69) is 0 Å². The molecule has 10 atom stereocenters. The zero-order valence-corrected chi connectivity index (χ0v) is 23.0. The summed E-state index contributed by atoms with van der Waals surface area (Å²) in [5.41, 5.74) is -0.822. The summed E-state index contributed by atoms with van der Waals surface area (Å²) in [6, 6.07) is 8.08. The molecule has 16 nitrogen and oxygen atoms in total. The van der Waals surface area contributed by atoms with Crippen molar-refractivity contribution < 1.29 is 74.1 Å². The average molecular weight is 625 g/mol. The Hall–Kier alpha value is -3.55. The average Bonchev–Trinajstić information content (AvgIpc) is 3.02. The van der Waals surface area contributed by atoms with E-state index in [1.54, 1.807) is 0 Å². The summed E-state index contributed by atoms with van der Waals surface area (Å²) in [4.78, 5) is 13.7. The van der Waals surface area contributed by atoms with Crippen molar-refractivity contribution in [1.29, 1.82) is 0 Å². The topological polar surface area (TPSA) is 258 Å². The van der Waals surface area contributed by atoms with Gasteiger partial charge in [-0.25, -0.2) is 0 Å². The summed E-state index contributed by atoms with van der Waals surface area (Å²) in [7, 11) is 1.34. The molecule has 0 bridgehead atoms. The summed E-state index contributed by atoms with van der Waals surface area (Å²) < 4.78 is 33.2. The molecule has 0 aliphatic carbocycles. The third-order valence-corrected chi connectivity index (χ3v) is 7.44. The molecule has 3 heterocycles. The second-order valence-corrected chi connectivity index (χ2v) is 10.3. The highest BCUT2D eigenvalue weighted by Gasteiger charge is 2.46. The number of hydrogen-bond donors (Lipinski definition) is 9. The van der Waals surface area contributed by atoms with Crippen molar-refractivity contribution in [2.75, 3.05) is 20.3 Å². The number of aromatic hydroxyl groups is 1. The molecule has 2 fully saturated rings. The van der Waals surface area contributed by atoms with Crippen molar-refractivity contribution in [3.05, 3.63) is 46.6 Å². The van der Waals surface area contributed by atoms with E-state index < -0.39 is 91.6 Å². The van der Waals surface area contributed by atoms with Crippen molar-refractivity contribution in [1.82, 2.24) is 0 Å². The summed E-state index contributed by atoms with van der Waals surface area (Å²) in [5.74, 6) is -1.05. The first-order valence-corrected chi connectivity index (χ1v) is 13.4. The van der Waals surface area contributed by atoms with E-state index in [9.17, 15) is 50.8 Å². The minimum Gasteiger partial charge on any atom is -0.507 e. The molecule has 2 aromatic carbocycles. The Balaban J connectivity index is 1.53. The minimum atomic E-state index is -1.87. The van der Waals surface area contributed by atoms with Gasteiger partial charge in [0.15, 0.2) is 5.76 Å². The predicted octanol–water partition coefficient (Wildman–Crippen LogP) is -2.47. The van der Waals surface area contributed by atoms with Crippen LogP contribution in [0.1, 0.15) is 0 Å². The Kier molecular flexibility index (Phi) is 9.28. The Labute approximate surface area is 248 Å². The molecule has 2 aliphatic heterocycles. The van der Waals surface area contributed by atoms with Gasteiger partial charge in [-0.2, -0.15) is 0 Å². The van der Waals surface area contributed by atoms with Gasteiger partial charge < -0.3 is 74.1 Å². The van der Waals surface area contributed by atoms with Gasteiger partial charge in [0, 0.05) is 17.7 Å². The largest absolute Gasteiger partial charge is 0.507 e. The van der Waals surface area contributed by atoms with E-state index >= 15 is 0 Å². The number of fused-ring (bicyclic) bond motifs is 1. The zero-order valence-electron chi connectivity index (χ0n) is 23.0. The Bertz CT molecular complexity index is 1500. The first-order valence-electron chi connectivity index (χ1n) is 13.4. The van der Waals surface area contributed by atoms with E-state index in [4.69, 9.17) is 28.1 Å². The summed E-state index contributed by atoms with van der Waals surface area (Å²) in [6.07, 6.45) is -16.0. The maximum absolute atomic E-state index is 13.7. The summed E-state index contributed by atoms with van der Waals surface area (Å²) in [6.45, 7) is -1.40. The van der Waals surface area contributed by atoms with Crippen LogP contribution in [0.5, 0.6) is 23.0 Å². The molecule has 16 heteroatoms. The minimum absolute atomic E-state index is 0.0944. The zero-order chi connectivity index (χ0) is 31.9. The van der Waals surface area contributed by atoms with Crippen LogP contribution in [0, 0.1) is 0 Å². The van der Waals surface area contributed by atoms with Crippen LogP contribution in [0.4, 0.5) is 0 Å². The molecule has 9 N–H and O–H groups in total. The molecule has 5 rings (SSSR count). The molecule has 0 saturated carbocycles. The van der Waals surface area contributed by atoms with E-state index in [-0.39, 0.29) is 33.8 Å². The first kappa shape index (κ1) is 31.9. The molecule has 1 aromatic heterocycles. The van der Waals surface area contributed by atoms with Gasteiger partial charge in [0.2, 0.25) is 23.8 Å². The van der Waals surface area contributed by atoms with Crippen LogP contribution in [0.2, 0.25) is 0 Å². The number of phenols is 1. The fraction of sp³-hybridized carbons (Fsp3) is 0.464. The van der Waals surface area contributed by atoms with Crippen molar-refractivity contribution in [2.24, 2.45) is 0 Å². The number of methoxy groups -OCH3 is 1. The van der Waals surface area contributed by atoms with Crippen LogP contribution in [0.3, 0.4) is 0 Å². The third kappa shape index (κ3) is 5.80. The third-order valence-electron chi connectivity index (χ3n) is 7.44. The van der Waals surface area contributed by atoms with Crippen LogP contribution in [-0.4, -0.2) is 128 Å². The first-order chi connectivity index (χ1) is 21.0. The van der Waals surface area contributed by atoms with Gasteiger partial charge in [0.05, 0.1) is 20.3 Å². The van der Waals surface area contributed by atoms with Gasteiger partial charge in [-0.3, -0.25) is 4.79 Å². The van der Waals surface area contributed by atoms with Gasteiger partial charge in [-0.05, 0) is 24.3 Å². The van der Waals surface area contributed by atoms with E-state index in [1.165, 1.54) is 43.5 Å². The lowest BCUT2D eigenvalue weighted by atomic mass is 9.99. The normalized spacial score (nSPS) is 32.4. The summed E-state index contributed by atoms with van der Waals surface area (Å²) in [5, 5.41) is 90.4. The maximum Gasteiger partial charge on any atom is 0.239 e. The van der Waals surface area contributed by atoms with Crippen LogP contribution in [-0.2, 0) is 9.47 Å². The lowest BCUT2D eigenvalue weighted by Gasteiger charge is -2.39. The second kappa shape index (κ2) is 12.8. The van der Waals surface area contributed by atoms with E-state index in [0.717, 1.165) is 0 Å². The fourth-order valence-electron chi connectivity index (χ4n) is 4.94. The number of aliphatic hydroxyl groups excluding tert-OH is 8. The molecule has 0 unspecified atom stereocenters. The van der Waals surface area contributed by atoms with Gasteiger partial charge in [-0.15, -0.1) is 0 Å². The number of hydrogen-bond acceptors (Lipinski definition) is 16. The SMILES string of the molecule is COc1cc(O)c2c(=O)c(O[C@@H]3O[C@@H](CO)[C@@H](O)[C@H](O)[C@H]3O)c(-c3ccc(O[C@@H]4O[C@H](CO)[C@@H](O)[C@H](O)[C@H]4O)cc3)oc2c1. The molecule has 44 heavy (non-hydrogen) atoms. The smallest absolute Gasteiger partial charge is 0.239 e. The van der Waals surface area contributed by atoms with Crippen molar-refractivity contribution in [2.45, 2.75) is 61.4 Å². The number of ether oxygens (including phenoxy) is 5. The van der Waals surface area contributed by atoms with Crippen LogP contribution >= 0.6 is 0 Å². The van der Waals surface area contributed by atoms with Crippen LogP contribution in [0.15, 0.2) is 45.6 Å². The van der Waals surface area contributed by atoms with Crippen molar-refractivity contribution in [3.63, 3.8) is 0 Å². The quantitative estimate of drug-likeness (QED) is 0.126. The predicted molar refractivity (Wildman–Crippen MR) is 145 cm³/mol. The molecule has 0 radical (unpaired) electrons. The standard InChI is InChI=1S/C28H32O16/c1-39-12-6-13(31)17-14(7-12)41-25(26(20(17)34)44-28-24(38)22(36)19(33)16(9-30)43-28)10-2-4-11(5-3-10)40-27-23(37)21(35)18(32)15(8-29)42-27/h2-7,15-16,18-19,21-24,27-33,35-38H,8-9H2,1H3/t15-,16+,18-,19-,21+,22+,23-,24-,27-,28+/m1/s1. The molecular formula is C28H32O16. The number of benzene rings is 2. The molecule has 2 aliphatic rings. The van der Waals surface area contributed by atoms with Crippen molar-refractivity contribution >= 4 is 11.0 Å². The number of aliphatic hydroxyl groups is 8. The van der Waals surface area contributed by atoms with Gasteiger partial charge in [-0.1, -0.05) is 0 Å². The van der Waals surface area contributed by atoms with E-state index in [1.807, 2.05) is 0 Å². The molecule has 2 saturated heterocycles. The second-order valence-electron chi connectivity index (χ2n) is 10.3. The van der Waals surface area contributed by atoms with Gasteiger partial charge in [0.25, 0.3) is 0 Å². The van der Waals surface area contributed by atoms with Crippen molar-refractivity contribution in [3.8, 4) is 34.3 Å². The van der Waals surface area contributed by atoms with Gasteiger partial charge in [0.1, 0.15) is 77.0 Å². The monoisotopic (exact) mass is 624 g/mol. The Morgan fingerprint density at radius 1 is 0.727 bits per heavy atom. The Morgan fingerprint density at radius 3 is 1.80 bits per heavy atom. The van der Waals surface area contributed by atoms with E-state index in [0.29, 0.717) is 0 Å². The molecule has 3 aromatic rings. The number of phenolic OH excluding ortho intramolecular Hbond substituents is 1. The molecular weight excluding hydrogens is 592 g/mol. The molecule has 0 spiro atoms. The highest BCUT2D eigenvalue weighted by Crippen LogP contribution is 2.38. The highest BCUT2D eigenvalue weighted by atomic mass is 16.7. The lowest BCUT2D eigenvalue weighted by Crippen LogP contribution is -2.60. The lowest BCUT2D eigenvalue weighted by molar-refractivity contribution is -0.277. The molecule has 0 amide bonds. The maximum atomic E-state index is 13.7. The number of rotatable bonds is 8. The van der Waals surface area contributed by atoms with Gasteiger partial charge >= 0.3 is 0 Å². The Morgan fingerprint density at radius 2 is 1.27 bits per heavy atom. The van der Waals surface area contributed by atoms with Crippen LogP contribution < -0.4 is 19.6 Å². The summed E-state index contributed by atoms with van der Waals surface area (Å²) >= 11 is 0. The highest BCUT2D eigenvalue weighted by molar-refractivity contribution is 5.88. The molecule has 240 valence electrons. The fourth-order valence-corrected chi connectivity index (χ4v) is 4.94. The van der Waals surface area contributed by atoms with Crippen LogP contribution in [0.25, 0.3) is 22.3 Å².